The molecule has 0 fully saturated rings. The van der Waals surface area contributed by atoms with Gasteiger partial charge in [-0.25, -0.2) is 11.4 Å². The first-order chi connectivity index (χ1) is 2.41. The molecule has 0 saturated heterocycles. The first-order valence-electron chi connectivity index (χ1n) is 1.86. The number of hydrogen-bond donors (Lipinski definition) is 1. The fourth-order valence-corrected chi connectivity index (χ4v) is 0.548. The first-order valence-corrected chi connectivity index (χ1v) is 3.01. The van der Waals surface area contributed by atoms with E-state index in [1.807, 2.05) is 0 Å². The molecule has 0 bridgehead atoms. The van der Waals surface area contributed by atoms with Gasteiger partial charge in [0, 0.05) is 0 Å². The Morgan fingerprint density at radius 2 is 2.40 bits per heavy atom. The summed E-state index contributed by atoms with van der Waals surface area (Å²) in [5.74, 6) is 1.26. The summed E-state index contributed by atoms with van der Waals surface area (Å²) >= 11 is 1.46. The lowest BCUT2D eigenvalue weighted by Crippen LogP contribution is -1.52. The summed E-state index contributed by atoms with van der Waals surface area (Å²) in [6, 6.07) is 0. The molecule has 32 valence electrons. The molecule has 0 aromatic rings. The van der Waals surface area contributed by atoms with Crippen LogP contribution in [-0.2, 0) is 0 Å². The monoisotopic (exact) mass is 90.1 g/mol. The summed E-state index contributed by atoms with van der Waals surface area (Å²) in [5, 5.41) is 2.15. The van der Waals surface area contributed by atoms with Gasteiger partial charge in [-0.1, -0.05) is 12.3 Å². The van der Waals surface area contributed by atoms with Crippen LogP contribution in [0.2, 0.25) is 0 Å². The Morgan fingerprint density at radius 1 is 1.80 bits per heavy atom. The Morgan fingerprint density at radius 3 is 2.40 bits per heavy atom. The number of hydrogen-bond acceptors (Lipinski definition) is 0. The molecule has 0 radical (unpaired) electrons. The van der Waals surface area contributed by atoms with Crippen LogP contribution in [0.5, 0.6) is 0 Å². The number of rotatable bonds is 1. The predicted octanol–water partition coefficient (Wildman–Crippen LogP) is 1.29. The van der Waals surface area contributed by atoms with E-state index in [2.05, 4.69) is 19.2 Å². The molecule has 0 aliphatic heterocycles. The second-order valence-corrected chi connectivity index (χ2v) is 2.27. The van der Waals surface area contributed by atoms with Crippen LogP contribution < -0.4 is 0 Å². The smallest absolute Gasteiger partial charge is 0.0177 e. The average molecular weight is 90.2 g/mol. The van der Waals surface area contributed by atoms with E-state index >= 15 is 0 Å². The Balaban J connectivity index is 2.62. The van der Waals surface area contributed by atoms with Crippen LogP contribution in [0.1, 0.15) is 13.8 Å². The highest BCUT2D eigenvalue weighted by Crippen LogP contribution is 1.75. The van der Waals surface area contributed by atoms with E-state index < -0.39 is 0 Å². The molecule has 0 aromatic carbocycles. The summed E-state index contributed by atoms with van der Waals surface area (Å²) in [6.45, 7) is 4.24. The van der Waals surface area contributed by atoms with Crippen molar-refractivity contribution in [1.82, 2.24) is 0 Å². The predicted molar refractivity (Wildman–Crippen MR) is 31.3 cm³/mol. The molecular weight excluding hydrogens is 80.1 g/mol. The molecule has 0 amide bonds. The lowest BCUT2D eigenvalue weighted by atomic mass is 11.0. The zero-order valence-corrected chi connectivity index (χ0v) is 4.63. The molecule has 0 heterocycles. The van der Waals surface area contributed by atoms with Crippen LogP contribution in [-0.4, -0.2) is 11.1 Å². The van der Waals surface area contributed by atoms with Crippen LogP contribution in [0.15, 0.2) is 0 Å². The van der Waals surface area contributed by atoms with Gasteiger partial charge in [-0.15, -0.1) is 0 Å². The largest absolute Gasteiger partial charge is 0.205 e. The fourth-order valence-electron chi connectivity index (χ4n) is 0.183. The molecule has 0 spiro atoms. The van der Waals surface area contributed by atoms with Gasteiger partial charge in [0.15, 0.2) is 0 Å². The van der Waals surface area contributed by atoms with Gasteiger partial charge in [-0.2, -0.15) is 0 Å². The van der Waals surface area contributed by atoms with Crippen LogP contribution in [0.4, 0.5) is 0 Å². The second kappa shape index (κ2) is 4.22. The van der Waals surface area contributed by atoms with Crippen LogP contribution in [0.3, 0.4) is 0 Å². The van der Waals surface area contributed by atoms with Gasteiger partial charge in [-0.05, 0) is 12.7 Å². The maximum absolute atomic E-state index is 2.17. The minimum atomic E-state index is 1.26. The zero-order chi connectivity index (χ0) is 4.12. The average Bonchev–Trinajstić information content (AvgIpc) is 1.41. The quantitative estimate of drug-likeness (QED) is 0.364. The topological polar surface area (TPSA) is 0 Å². The lowest BCUT2D eigenvalue weighted by molar-refractivity contribution is 1.54. The molecule has 0 nitrogen and oxygen atoms in total. The van der Waals surface area contributed by atoms with Gasteiger partial charge in [0.25, 0.3) is 0 Å². The maximum Gasteiger partial charge on any atom is -0.0177 e. The highest BCUT2D eigenvalue weighted by Gasteiger charge is 1.50. The third-order valence-electron chi connectivity index (χ3n) is 0.365. The molecule has 0 atom stereocenters. The minimum absolute atomic E-state index is 1.26. The Labute approximate surface area is 37.2 Å². The summed E-state index contributed by atoms with van der Waals surface area (Å²) in [6.07, 6.45) is 0. The molecule has 0 aliphatic rings. The van der Waals surface area contributed by atoms with Gasteiger partial charge in [0.1, 0.15) is 0 Å². The van der Waals surface area contributed by atoms with Gasteiger partial charge in [-0.3, -0.25) is 0 Å². The summed E-state index contributed by atoms with van der Waals surface area (Å²) in [5.41, 5.74) is 0. The van der Waals surface area contributed by atoms with Crippen LogP contribution >= 0.6 is 11.4 Å². The van der Waals surface area contributed by atoms with Crippen LogP contribution in [0, 0.1) is 0 Å². The van der Waals surface area contributed by atoms with Crippen molar-refractivity contribution in [3.63, 3.8) is 0 Å². The summed E-state index contributed by atoms with van der Waals surface area (Å²) in [4.78, 5) is 0. The van der Waals surface area contributed by atoms with Crippen LogP contribution in [0.25, 0.3) is 0 Å². The minimum Gasteiger partial charge on any atom is -0.205 e. The van der Waals surface area contributed by atoms with E-state index in [4.69, 9.17) is 0 Å². The Hall–Kier alpha value is 0.220. The van der Waals surface area contributed by atoms with Gasteiger partial charge < -0.3 is 0 Å². The van der Waals surface area contributed by atoms with Crippen molar-refractivity contribution in [2.24, 2.45) is 0 Å². The van der Waals surface area contributed by atoms with Crippen molar-refractivity contribution in [3.05, 3.63) is 0 Å². The van der Waals surface area contributed by atoms with Crippen molar-refractivity contribution in [2.75, 3.05) is 5.75 Å². The lowest BCUT2D eigenvalue weighted by Gasteiger charge is -1.67. The molecule has 0 aromatic heterocycles. The van der Waals surface area contributed by atoms with Crippen molar-refractivity contribution in [2.45, 2.75) is 13.8 Å². The number of thiol groups is 1. The van der Waals surface area contributed by atoms with E-state index in [-0.39, 0.29) is 0 Å². The molecule has 5 heavy (non-hydrogen) atoms. The van der Waals surface area contributed by atoms with Crippen molar-refractivity contribution in [1.29, 1.82) is 0 Å². The zero-order valence-electron chi connectivity index (χ0n) is 3.73. The Bertz CT molecular complexity index is 30.6. The van der Waals surface area contributed by atoms with E-state index in [0.29, 0.717) is 0 Å². The fraction of sp³-hybridized carbons (Fsp3) is 0.750. The van der Waals surface area contributed by atoms with E-state index in [9.17, 15) is 0 Å². The molecule has 0 aliphatic carbocycles. The van der Waals surface area contributed by atoms with E-state index in [1.54, 1.807) is 0 Å². The van der Waals surface area contributed by atoms with Crippen molar-refractivity contribution < 1.29 is 0 Å². The normalized spacial score (nSPS) is 11.6. The highest BCUT2D eigenvalue weighted by atomic mass is 32.1. The van der Waals surface area contributed by atoms with Crippen molar-refractivity contribution in [3.8, 4) is 0 Å². The second-order valence-electron chi connectivity index (χ2n) is 0.757. The summed E-state index contributed by atoms with van der Waals surface area (Å²) in [7, 11) is 0. The van der Waals surface area contributed by atoms with Gasteiger partial charge in [0.05, 0.1) is 0 Å². The Kier molecular flexibility index (Phi) is 4.41. The molecule has 0 rings (SSSR count). The third-order valence-corrected chi connectivity index (χ3v) is 1.10. The summed E-state index contributed by atoms with van der Waals surface area (Å²) < 4.78 is 0. The molecule has 0 N–H and O–H groups in total. The van der Waals surface area contributed by atoms with Crippen molar-refractivity contribution >= 4 is 16.7 Å². The van der Waals surface area contributed by atoms with E-state index in [1.165, 1.54) is 17.1 Å². The molecule has 1 heteroatoms. The van der Waals surface area contributed by atoms with Gasteiger partial charge in [0.2, 0.25) is 0 Å². The molecule has 0 unspecified atom stereocenters. The molecule has 0 saturated carbocycles. The van der Waals surface area contributed by atoms with E-state index in [0.717, 1.165) is 0 Å². The van der Waals surface area contributed by atoms with Gasteiger partial charge >= 0.3 is 0 Å². The highest BCUT2D eigenvalue weighted by molar-refractivity contribution is 7.97. The maximum atomic E-state index is 2.17. The standard InChI is InChI=1S/C4H10S/c1-3-5-4-2/h3,5H,4H2,1-2H3. The SMILES string of the molecule is CC=[SH]CC. The third kappa shape index (κ3) is 4.22. The first kappa shape index (κ1) is 5.22. The molecular formula is C4H10S.